The first-order valence-electron chi connectivity index (χ1n) is 9.61. The summed E-state index contributed by atoms with van der Waals surface area (Å²) >= 11 is 0. The highest BCUT2D eigenvalue weighted by Crippen LogP contribution is 2.50. The number of aliphatic hydroxyl groups is 1. The Morgan fingerprint density at radius 2 is 1.90 bits per heavy atom. The number of aromatic amines is 1. The van der Waals surface area contributed by atoms with Gasteiger partial charge in [-0.2, -0.15) is 0 Å². The van der Waals surface area contributed by atoms with Crippen LogP contribution in [0.4, 0.5) is 0 Å². The Kier molecular flexibility index (Phi) is 6.34. The number of methoxy groups -OCH3 is 3. The maximum atomic E-state index is 12.6. The third kappa shape index (κ3) is 3.77. The van der Waals surface area contributed by atoms with Gasteiger partial charge in [-0.15, -0.1) is 0 Å². The van der Waals surface area contributed by atoms with E-state index in [1.807, 2.05) is 0 Å². The quantitative estimate of drug-likeness (QED) is 0.550. The van der Waals surface area contributed by atoms with Crippen molar-refractivity contribution >= 4 is 5.97 Å². The Balaban J connectivity index is 2.30. The highest BCUT2D eigenvalue weighted by atomic mass is 16.5. The first-order valence-corrected chi connectivity index (χ1v) is 9.61. The van der Waals surface area contributed by atoms with E-state index in [4.69, 9.17) is 24.7 Å². The minimum absolute atomic E-state index is 0.0921. The zero-order valence-corrected chi connectivity index (χ0v) is 17.2. The molecule has 2 aromatic rings. The van der Waals surface area contributed by atoms with Crippen LogP contribution in [0.5, 0.6) is 17.2 Å². The first-order chi connectivity index (χ1) is 14.0. The molecule has 1 aliphatic rings. The number of nitrogens with one attached hydrogen (secondary N) is 1. The Morgan fingerprint density at radius 1 is 1.21 bits per heavy atom. The lowest BCUT2D eigenvalue weighted by Gasteiger charge is -2.19. The molecule has 1 saturated carbocycles. The number of nitrogens with two attached hydrogens (primary N) is 1. The maximum Gasteiger partial charge on any atom is 0.355 e. The molecule has 1 atom stereocenters. The number of rotatable bonds is 9. The van der Waals surface area contributed by atoms with Crippen LogP contribution in [0, 0.1) is 5.92 Å². The molecule has 4 N–H and O–H groups in total. The molecule has 1 aromatic heterocycles. The summed E-state index contributed by atoms with van der Waals surface area (Å²) in [5.41, 5.74) is 8.58. The minimum atomic E-state index is -0.821. The lowest BCUT2D eigenvalue weighted by Crippen LogP contribution is -2.12. The van der Waals surface area contributed by atoms with Crippen molar-refractivity contribution in [2.45, 2.75) is 32.4 Å². The fraction of sp³-hybridized carbons (Fsp3) is 0.476. The van der Waals surface area contributed by atoms with Crippen molar-refractivity contribution < 1.29 is 28.8 Å². The summed E-state index contributed by atoms with van der Waals surface area (Å²) < 4.78 is 21.7. The second-order valence-corrected chi connectivity index (χ2v) is 6.86. The van der Waals surface area contributed by atoms with E-state index in [2.05, 4.69) is 4.98 Å². The summed E-state index contributed by atoms with van der Waals surface area (Å²) in [6, 6.07) is 3.56. The lowest BCUT2D eigenvalue weighted by atomic mass is 9.93. The zero-order valence-electron chi connectivity index (χ0n) is 17.2. The molecule has 3 rings (SSSR count). The molecule has 29 heavy (non-hydrogen) atoms. The zero-order chi connectivity index (χ0) is 21.1. The number of carbonyl (C=O) groups excluding carboxylic acids is 1. The van der Waals surface area contributed by atoms with Gasteiger partial charge in [-0.25, -0.2) is 4.79 Å². The maximum absolute atomic E-state index is 12.6. The Morgan fingerprint density at radius 3 is 2.41 bits per heavy atom. The van der Waals surface area contributed by atoms with E-state index in [1.54, 1.807) is 26.2 Å². The summed E-state index contributed by atoms with van der Waals surface area (Å²) in [7, 11) is 4.59. The van der Waals surface area contributed by atoms with Gasteiger partial charge in [0.25, 0.3) is 0 Å². The van der Waals surface area contributed by atoms with Gasteiger partial charge in [0, 0.05) is 28.9 Å². The van der Waals surface area contributed by atoms with E-state index in [-0.39, 0.29) is 24.8 Å². The molecule has 8 nitrogen and oxygen atoms in total. The number of aliphatic hydroxyl groups excluding tert-OH is 1. The molecular weight excluding hydrogens is 376 g/mol. The van der Waals surface area contributed by atoms with Crippen LogP contribution in [-0.2, 0) is 11.3 Å². The van der Waals surface area contributed by atoms with Crippen LogP contribution >= 0.6 is 0 Å². The molecule has 1 unspecified atom stereocenters. The number of esters is 1. The third-order valence-corrected chi connectivity index (χ3v) is 5.14. The van der Waals surface area contributed by atoms with Crippen molar-refractivity contribution in [3.05, 3.63) is 29.1 Å². The van der Waals surface area contributed by atoms with Gasteiger partial charge in [0.2, 0.25) is 5.75 Å². The second-order valence-electron chi connectivity index (χ2n) is 6.86. The van der Waals surface area contributed by atoms with Gasteiger partial charge in [-0.3, -0.25) is 0 Å². The second kappa shape index (κ2) is 8.75. The molecule has 8 heteroatoms. The molecule has 1 fully saturated rings. The van der Waals surface area contributed by atoms with Crippen LogP contribution < -0.4 is 19.9 Å². The molecule has 0 bridgehead atoms. The van der Waals surface area contributed by atoms with E-state index < -0.39 is 12.1 Å². The summed E-state index contributed by atoms with van der Waals surface area (Å²) in [5.74, 6) is 0.923. The van der Waals surface area contributed by atoms with Crippen molar-refractivity contribution in [2.24, 2.45) is 11.7 Å². The van der Waals surface area contributed by atoms with Crippen molar-refractivity contribution in [3.8, 4) is 28.4 Å². The number of carbonyl (C=O) groups is 1. The van der Waals surface area contributed by atoms with Gasteiger partial charge in [-0.1, -0.05) is 0 Å². The number of hydrogen-bond donors (Lipinski definition) is 3. The van der Waals surface area contributed by atoms with Gasteiger partial charge >= 0.3 is 5.97 Å². The minimum Gasteiger partial charge on any atom is -0.493 e. The van der Waals surface area contributed by atoms with E-state index in [9.17, 15) is 9.90 Å². The largest absolute Gasteiger partial charge is 0.493 e. The van der Waals surface area contributed by atoms with Crippen molar-refractivity contribution in [1.82, 2.24) is 4.98 Å². The summed E-state index contributed by atoms with van der Waals surface area (Å²) in [4.78, 5) is 15.7. The number of benzene rings is 1. The lowest BCUT2D eigenvalue weighted by molar-refractivity contribution is 0.0511. The predicted octanol–water partition coefficient (Wildman–Crippen LogP) is 2.79. The standard InChI is InChI=1S/C21H28N2O6/c1-5-29-21(25)17-16(18(24)11-6-7-11)15(13(10-22)23-17)12-8-9-14(26-2)20(28-4)19(12)27-3/h8-9,11,18,23-24H,5-7,10,22H2,1-4H3. The van der Waals surface area contributed by atoms with E-state index in [0.29, 0.717) is 39.6 Å². The van der Waals surface area contributed by atoms with Gasteiger partial charge < -0.3 is 34.8 Å². The molecule has 0 aliphatic heterocycles. The molecular formula is C21H28N2O6. The third-order valence-electron chi connectivity index (χ3n) is 5.14. The van der Waals surface area contributed by atoms with E-state index in [1.165, 1.54) is 14.2 Å². The van der Waals surface area contributed by atoms with E-state index in [0.717, 1.165) is 12.8 Å². The first kappa shape index (κ1) is 21.0. The normalized spacial score (nSPS) is 14.4. The number of hydrogen-bond acceptors (Lipinski definition) is 7. The summed E-state index contributed by atoms with van der Waals surface area (Å²) in [6.07, 6.45) is 0.975. The Hall–Kier alpha value is -2.71. The van der Waals surface area contributed by atoms with Gasteiger partial charge in [-0.05, 0) is 37.8 Å². The molecule has 0 spiro atoms. The molecule has 0 radical (unpaired) electrons. The molecule has 1 heterocycles. The average molecular weight is 404 g/mol. The smallest absolute Gasteiger partial charge is 0.355 e. The molecule has 158 valence electrons. The van der Waals surface area contributed by atoms with E-state index >= 15 is 0 Å². The number of aromatic nitrogens is 1. The van der Waals surface area contributed by atoms with Crippen LogP contribution in [0.2, 0.25) is 0 Å². The predicted molar refractivity (Wildman–Crippen MR) is 107 cm³/mol. The Bertz CT molecular complexity index is 888. The highest BCUT2D eigenvalue weighted by Gasteiger charge is 2.38. The topological polar surface area (TPSA) is 116 Å². The SMILES string of the molecule is CCOC(=O)c1[nH]c(CN)c(-c2ccc(OC)c(OC)c2OC)c1C(O)C1CC1. The molecule has 1 aliphatic carbocycles. The monoisotopic (exact) mass is 404 g/mol. The number of H-pyrrole nitrogens is 1. The Labute approximate surface area is 169 Å². The van der Waals surface area contributed by atoms with Crippen molar-refractivity contribution in [3.63, 3.8) is 0 Å². The van der Waals surface area contributed by atoms with Crippen molar-refractivity contribution in [1.29, 1.82) is 0 Å². The molecule has 0 amide bonds. The molecule has 0 saturated heterocycles. The fourth-order valence-electron chi connectivity index (χ4n) is 3.63. The van der Waals surface area contributed by atoms with Crippen LogP contribution in [0.25, 0.3) is 11.1 Å². The summed E-state index contributed by atoms with van der Waals surface area (Å²) in [6.45, 7) is 2.10. The molecule has 1 aromatic carbocycles. The van der Waals surface area contributed by atoms with Crippen LogP contribution in [-0.4, -0.2) is 44.0 Å². The fourth-order valence-corrected chi connectivity index (χ4v) is 3.63. The van der Waals surface area contributed by atoms with Crippen molar-refractivity contribution in [2.75, 3.05) is 27.9 Å². The number of ether oxygens (including phenoxy) is 4. The van der Waals surface area contributed by atoms with Gasteiger partial charge in [0.1, 0.15) is 5.69 Å². The highest BCUT2D eigenvalue weighted by molar-refractivity contribution is 5.94. The van der Waals surface area contributed by atoms with Crippen LogP contribution in [0.15, 0.2) is 12.1 Å². The van der Waals surface area contributed by atoms with Gasteiger partial charge in [0.05, 0.1) is 34.0 Å². The summed E-state index contributed by atoms with van der Waals surface area (Å²) in [5, 5.41) is 11.0. The van der Waals surface area contributed by atoms with Crippen LogP contribution in [0.3, 0.4) is 0 Å². The van der Waals surface area contributed by atoms with Crippen LogP contribution in [0.1, 0.15) is 47.6 Å². The average Bonchev–Trinajstić information content (AvgIpc) is 3.51. The van der Waals surface area contributed by atoms with Gasteiger partial charge in [0.15, 0.2) is 11.5 Å².